The SMILES string of the molecule is O=C(c1ccc2ccccc2n1)N1CCN(CCn2nc(-n3cccn3)ccc2=O)CC1. The topological polar surface area (TPSA) is 89.2 Å². The molecule has 0 aliphatic carbocycles. The van der Waals surface area contributed by atoms with Gasteiger partial charge in [0.25, 0.3) is 11.5 Å². The first-order chi connectivity index (χ1) is 15.7. The van der Waals surface area contributed by atoms with E-state index >= 15 is 0 Å². The Labute approximate surface area is 184 Å². The maximum atomic E-state index is 12.9. The number of carbonyl (C=O) groups is 1. The molecule has 1 aliphatic heterocycles. The lowest BCUT2D eigenvalue weighted by atomic mass is 10.2. The number of hydrogen-bond acceptors (Lipinski definition) is 6. The van der Waals surface area contributed by atoms with Crippen LogP contribution < -0.4 is 5.56 Å². The van der Waals surface area contributed by atoms with Crippen molar-refractivity contribution in [1.82, 2.24) is 34.3 Å². The Kier molecular flexibility index (Phi) is 5.47. The first kappa shape index (κ1) is 20.1. The average molecular weight is 429 g/mol. The number of para-hydroxylation sites is 1. The van der Waals surface area contributed by atoms with E-state index in [1.807, 2.05) is 41.3 Å². The van der Waals surface area contributed by atoms with Crippen molar-refractivity contribution in [2.45, 2.75) is 6.54 Å². The van der Waals surface area contributed by atoms with Crippen LogP contribution in [-0.4, -0.2) is 73.0 Å². The first-order valence-corrected chi connectivity index (χ1v) is 10.6. The number of piperazine rings is 1. The maximum absolute atomic E-state index is 12.9. The fraction of sp³-hybridized carbons (Fsp3) is 0.261. The van der Waals surface area contributed by atoms with Gasteiger partial charge < -0.3 is 4.90 Å². The van der Waals surface area contributed by atoms with Crippen molar-refractivity contribution in [3.8, 4) is 5.82 Å². The quantitative estimate of drug-likeness (QED) is 0.477. The van der Waals surface area contributed by atoms with Crippen molar-refractivity contribution in [2.24, 2.45) is 0 Å². The van der Waals surface area contributed by atoms with Crippen molar-refractivity contribution in [2.75, 3.05) is 32.7 Å². The largest absolute Gasteiger partial charge is 0.335 e. The molecule has 1 aromatic carbocycles. The number of carbonyl (C=O) groups excluding carboxylic acids is 1. The van der Waals surface area contributed by atoms with Gasteiger partial charge in [0.1, 0.15) is 5.69 Å². The van der Waals surface area contributed by atoms with Gasteiger partial charge in [-0.15, -0.1) is 5.10 Å². The zero-order chi connectivity index (χ0) is 21.9. The zero-order valence-electron chi connectivity index (χ0n) is 17.5. The van der Waals surface area contributed by atoms with Crippen LogP contribution in [0, 0.1) is 0 Å². The molecule has 0 unspecified atom stereocenters. The molecule has 3 aromatic heterocycles. The molecule has 4 aromatic rings. The molecule has 9 nitrogen and oxygen atoms in total. The highest BCUT2D eigenvalue weighted by Crippen LogP contribution is 2.14. The van der Waals surface area contributed by atoms with Crippen LogP contribution in [0.1, 0.15) is 10.5 Å². The Morgan fingerprint density at radius 3 is 2.56 bits per heavy atom. The number of fused-ring (bicyclic) bond motifs is 1. The lowest BCUT2D eigenvalue weighted by Crippen LogP contribution is -2.49. The van der Waals surface area contributed by atoms with E-state index in [1.54, 1.807) is 29.2 Å². The molecular formula is C23H23N7O2. The zero-order valence-corrected chi connectivity index (χ0v) is 17.5. The molecule has 0 saturated carbocycles. The molecule has 0 bridgehead atoms. The molecule has 1 amide bonds. The minimum Gasteiger partial charge on any atom is -0.335 e. The third-order valence-corrected chi connectivity index (χ3v) is 5.70. The second-order valence-electron chi connectivity index (χ2n) is 7.73. The summed E-state index contributed by atoms with van der Waals surface area (Å²) in [5.41, 5.74) is 1.16. The van der Waals surface area contributed by atoms with Crippen LogP contribution in [0.4, 0.5) is 0 Å². The third-order valence-electron chi connectivity index (χ3n) is 5.70. The molecule has 9 heteroatoms. The van der Waals surface area contributed by atoms with Crippen LogP contribution in [0.25, 0.3) is 16.7 Å². The lowest BCUT2D eigenvalue weighted by Gasteiger charge is -2.34. The van der Waals surface area contributed by atoms with Crippen LogP contribution in [0.2, 0.25) is 0 Å². The predicted octanol–water partition coefficient (Wildman–Crippen LogP) is 1.44. The van der Waals surface area contributed by atoms with Gasteiger partial charge in [0.05, 0.1) is 12.1 Å². The molecular weight excluding hydrogens is 406 g/mol. The minimum atomic E-state index is -0.142. The van der Waals surface area contributed by atoms with Crippen molar-refractivity contribution >= 4 is 16.8 Å². The molecule has 162 valence electrons. The smallest absolute Gasteiger partial charge is 0.272 e. The van der Waals surface area contributed by atoms with Gasteiger partial charge in [-0.1, -0.05) is 24.3 Å². The lowest BCUT2D eigenvalue weighted by molar-refractivity contribution is 0.0626. The van der Waals surface area contributed by atoms with Crippen LogP contribution in [-0.2, 0) is 6.54 Å². The second kappa shape index (κ2) is 8.72. The van der Waals surface area contributed by atoms with E-state index in [-0.39, 0.29) is 11.5 Å². The maximum Gasteiger partial charge on any atom is 0.272 e. The standard InChI is InChI=1S/C23H23N7O2/c31-22-9-8-21(29-11-3-10-24-29)26-30(22)17-14-27-12-15-28(16-13-27)23(32)20-7-6-18-4-1-2-5-19(18)25-20/h1-11H,12-17H2. The Morgan fingerprint density at radius 1 is 0.906 bits per heavy atom. The molecule has 0 spiro atoms. The van der Waals surface area contributed by atoms with Gasteiger partial charge in [-0.3, -0.25) is 14.5 Å². The van der Waals surface area contributed by atoms with Crippen LogP contribution in [0.15, 0.2) is 71.8 Å². The Balaban J connectivity index is 1.18. The highest BCUT2D eigenvalue weighted by atomic mass is 16.2. The number of amides is 1. The van der Waals surface area contributed by atoms with E-state index in [9.17, 15) is 9.59 Å². The van der Waals surface area contributed by atoms with E-state index < -0.39 is 0 Å². The highest BCUT2D eigenvalue weighted by Gasteiger charge is 2.23. The summed E-state index contributed by atoms with van der Waals surface area (Å²) >= 11 is 0. The fourth-order valence-corrected chi connectivity index (χ4v) is 3.88. The fourth-order valence-electron chi connectivity index (χ4n) is 3.88. The van der Waals surface area contributed by atoms with Gasteiger partial charge in [0.15, 0.2) is 5.82 Å². The Hall–Kier alpha value is -3.85. The third kappa shape index (κ3) is 4.15. The average Bonchev–Trinajstić information content (AvgIpc) is 3.38. The summed E-state index contributed by atoms with van der Waals surface area (Å²) in [5, 5.41) is 9.59. The van der Waals surface area contributed by atoms with E-state index in [1.165, 1.54) is 10.7 Å². The summed E-state index contributed by atoms with van der Waals surface area (Å²) in [7, 11) is 0. The number of rotatable bonds is 5. The molecule has 1 aliphatic rings. The van der Waals surface area contributed by atoms with Gasteiger partial charge in [0.2, 0.25) is 0 Å². The summed E-state index contributed by atoms with van der Waals surface area (Å²) in [5.74, 6) is 0.563. The molecule has 1 fully saturated rings. The summed E-state index contributed by atoms with van der Waals surface area (Å²) in [6.45, 7) is 3.91. The molecule has 4 heterocycles. The van der Waals surface area contributed by atoms with E-state index in [2.05, 4.69) is 20.1 Å². The highest BCUT2D eigenvalue weighted by molar-refractivity contribution is 5.95. The van der Waals surface area contributed by atoms with Crippen LogP contribution in [0.3, 0.4) is 0 Å². The summed E-state index contributed by atoms with van der Waals surface area (Å²) in [4.78, 5) is 33.7. The number of nitrogens with zero attached hydrogens (tertiary/aromatic N) is 7. The summed E-state index contributed by atoms with van der Waals surface area (Å²) in [6.07, 6.45) is 3.46. The van der Waals surface area contributed by atoms with Crippen LogP contribution >= 0.6 is 0 Å². The second-order valence-corrected chi connectivity index (χ2v) is 7.73. The molecule has 5 rings (SSSR count). The molecule has 1 saturated heterocycles. The van der Waals surface area contributed by atoms with Gasteiger partial charge >= 0.3 is 0 Å². The minimum absolute atomic E-state index is 0.0415. The number of benzene rings is 1. The summed E-state index contributed by atoms with van der Waals surface area (Å²) in [6, 6.07) is 16.5. The van der Waals surface area contributed by atoms with Gasteiger partial charge in [0, 0.05) is 56.6 Å². The number of hydrogen-bond donors (Lipinski definition) is 0. The van der Waals surface area contributed by atoms with Crippen molar-refractivity contribution < 1.29 is 4.79 Å². The molecule has 0 atom stereocenters. The van der Waals surface area contributed by atoms with Gasteiger partial charge in [-0.25, -0.2) is 14.3 Å². The van der Waals surface area contributed by atoms with Crippen molar-refractivity contribution in [3.05, 3.63) is 83.0 Å². The normalized spacial score (nSPS) is 14.7. The van der Waals surface area contributed by atoms with Crippen molar-refractivity contribution in [1.29, 1.82) is 0 Å². The van der Waals surface area contributed by atoms with E-state index in [4.69, 9.17) is 0 Å². The molecule has 0 N–H and O–H groups in total. The summed E-state index contributed by atoms with van der Waals surface area (Å²) < 4.78 is 3.09. The molecule has 32 heavy (non-hydrogen) atoms. The van der Waals surface area contributed by atoms with Gasteiger partial charge in [-0.05, 0) is 24.3 Å². The van der Waals surface area contributed by atoms with E-state index in [0.29, 0.717) is 37.7 Å². The predicted molar refractivity (Wildman–Crippen MR) is 120 cm³/mol. The Bertz CT molecular complexity index is 1290. The van der Waals surface area contributed by atoms with Crippen LogP contribution in [0.5, 0.6) is 0 Å². The van der Waals surface area contributed by atoms with Gasteiger partial charge in [-0.2, -0.15) is 5.10 Å². The first-order valence-electron chi connectivity index (χ1n) is 10.6. The monoisotopic (exact) mass is 429 g/mol. The van der Waals surface area contributed by atoms with Crippen molar-refractivity contribution in [3.63, 3.8) is 0 Å². The Morgan fingerprint density at radius 2 is 1.75 bits per heavy atom. The van der Waals surface area contributed by atoms with E-state index in [0.717, 1.165) is 24.0 Å². The number of aromatic nitrogens is 5. The number of pyridine rings is 1. The molecule has 0 radical (unpaired) electrons.